The van der Waals surface area contributed by atoms with Gasteiger partial charge < -0.3 is 14.9 Å². The van der Waals surface area contributed by atoms with Gasteiger partial charge in [-0.3, -0.25) is 14.5 Å². The summed E-state index contributed by atoms with van der Waals surface area (Å²) < 4.78 is 13.4. The molecule has 8 heteroatoms. The number of hydrogen-bond donors (Lipinski definition) is 1. The monoisotopic (exact) mass is 391 g/mol. The lowest BCUT2D eigenvalue weighted by Gasteiger charge is -2.52. The summed E-state index contributed by atoms with van der Waals surface area (Å²) in [6.07, 6.45) is -0.526. The first kappa shape index (κ1) is 20.1. The molecular formula is C20H26FN3O4. The number of halogens is 1. The van der Waals surface area contributed by atoms with Gasteiger partial charge in [0, 0.05) is 19.5 Å². The topological polar surface area (TPSA) is 81.2 Å². The molecule has 2 aliphatic rings. The normalized spacial score (nSPS) is 23.6. The van der Waals surface area contributed by atoms with Crippen molar-refractivity contribution in [2.75, 3.05) is 19.6 Å². The molecule has 1 aromatic rings. The average molecular weight is 391 g/mol. The van der Waals surface area contributed by atoms with Crippen LogP contribution in [-0.4, -0.2) is 69.6 Å². The van der Waals surface area contributed by atoms with Crippen LogP contribution in [0, 0.1) is 11.7 Å². The van der Waals surface area contributed by atoms with Gasteiger partial charge in [0.1, 0.15) is 18.0 Å². The maximum absolute atomic E-state index is 13.4. The first-order valence-corrected chi connectivity index (χ1v) is 9.67. The Morgan fingerprint density at radius 1 is 1.36 bits per heavy atom. The smallest absolute Gasteiger partial charge is 0.409 e. The zero-order valence-electron chi connectivity index (χ0n) is 16.2. The summed E-state index contributed by atoms with van der Waals surface area (Å²) in [6.45, 7) is 4.47. The van der Waals surface area contributed by atoms with E-state index >= 15 is 0 Å². The van der Waals surface area contributed by atoms with Crippen molar-refractivity contribution in [2.24, 2.45) is 5.92 Å². The Morgan fingerprint density at radius 2 is 2.11 bits per heavy atom. The van der Waals surface area contributed by atoms with Crippen molar-refractivity contribution in [3.8, 4) is 0 Å². The van der Waals surface area contributed by atoms with Crippen molar-refractivity contribution in [1.29, 1.82) is 0 Å². The van der Waals surface area contributed by atoms with Gasteiger partial charge in [0.05, 0.1) is 6.54 Å². The van der Waals surface area contributed by atoms with Crippen molar-refractivity contribution in [1.82, 2.24) is 14.7 Å². The molecule has 0 aromatic heterocycles. The van der Waals surface area contributed by atoms with Crippen molar-refractivity contribution in [3.05, 3.63) is 35.6 Å². The van der Waals surface area contributed by atoms with Gasteiger partial charge in [-0.05, 0) is 30.0 Å². The van der Waals surface area contributed by atoms with Gasteiger partial charge in [-0.1, -0.05) is 32.4 Å². The average Bonchev–Trinajstić information content (AvgIpc) is 2.66. The van der Waals surface area contributed by atoms with E-state index in [2.05, 4.69) is 0 Å². The number of nitrogens with zero attached hydrogens (tertiary/aromatic N) is 3. The first-order valence-electron chi connectivity index (χ1n) is 9.67. The maximum Gasteiger partial charge on any atom is 0.409 e. The predicted octanol–water partition coefficient (Wildman–Crippen LogP) is 2.16. The lowest BCUT2D eigenvalue weighted by Crippen LogP contribution is -2.72. The SMILES string of the molecule is CC[C@H](C)[C@H]1C(=O)N(CCc2cccc(F)c2)C[C@@H]2N(C(=O)O)CCC(=O)N12. The van der Waals surface area contributed by atoms with Crippen LogP contribution in [0.5, 0.6) is 0 Å². The fraction of sp³-hybridized carbons (Fsp3) is 0.550. The molecule has 0 aliphatic carbocycles. The lowest BCUT2D eigenvalue weighted by atomic mass is 9.91. The molecular weight excluding hydrogens is 365 g/mol. The van der Waals surface area contributed by atoms with E-state index < -0.39 is 18.3 Å². The third-order valence-electron chi connectivity index (χ3n) is 5.77. The number of rotatable bonds is 5. The molecule has 7 nitrogen and oxygen atoms in total. The Labute approximate surface area is 163 Å². The minimum atomic E-state index is -1.09. The Hall–Kier alpha value is -2.64. The fourth-order valence-electron chi connectivity index (χ4n) is 4.05. The van der Waals surface area contributed by atoms with Crippen molar-refractivity contribution in [3.63, 3.8) is 0 Å². The van der Waals surface area contributed by atoms with Crippen molar-refractivity contribution < 1.29 is 23.9 Å². The van der Waals surface area contributed by atoms with Crippen LogP contribution in [0.15, 0.2) is 24.3 Å². The molecule has 1 aromatic carbocycles. The van der Waals surface area contributed by atoms with Gasteiger partial charge in [-0.2, -0.15) is 0 Å². The van der Waals surface area contributed by atoms with E-state index in [0.717, 1.165) is 5.56 Å². The van der Waals surface area contributed by atoms with Gasteiger partial charge in [0.2, 0.25) is 11.8 Å². The second-order valence-corrected chi connectivity index (χ2v) is 7.50. The Morgan fingerprint density at radius 3 is 2.75 bits per heavy atom. The number of benzene rings is 1. The number of fused-ring (bicyclic) bond motifs is 1. The second kappa shape index (κ2) is 8.16. The van der Waals surface area contributed by atoms with Crippen LogP contribution >= 0.6 is 0 Å². The fourth-order valence-corrected chi connectivity index (χ4v) is 4.05. The van der Waals surface area contributed by atoms with E-state index in [1.165, 1.54) is 21.9 Å². The minimum Gasteiger partial charge on any atom is -0.465 e. The number of carbonyl (C=O) groups is 3. The van der Waals surface area contributed by atoms with E-state index in [1.807, 2.05) is 13.8 Å². The molecule has 1 N–H and O–H groups in total. The molecule has 28 heavy (non-hydrogen) atoms. The van der Waals surface area contributed by atoms with E-state index in [1.54, 1.807) is 17.0 Å². The minimum absolute atomic E-state index is 0.0896. The third-order valence-corrected chi connectivity index (χ3v) is 5.77. The van der Waals surface area contributed by atoms with Crippen LogP contribution in [0.25, 0.3) is 0 Å². The summed E-state index contributed by atoms with van der Waals surface area (Å²) in [5.41, 5.74) is 0.769. The molecule has 2 saturated heterocycles. The number of amides is 3. The molecule has 152 valence electrons. The predicted molar refractivity (Wildman–Crippen MR) is 99.9 cm³/mol. The molecule has 0 bridgehead atoms. The van der Waals surface area contributed by atoms with Crippen LogP contribution in [-0.2, 0) is 16.0 Å². The molecule has 0 radical (unpaired) electrons. The number of carboxylic acid groups (broad SMARTS) is 1. The van der Waals surface area contributed by atoms with E-state index in [4.69, 9.17) is 0 Å². The van der Waals surface area contributed by atoms with E-state index in [0.29, 0.717) is 19.4 Å². The molecule has 2 aliphatic heterocycles. The molecule has 0 saturated carbocycles. The van der Waals surface area contributed by atoms with Gasteiger partial charge in [-0.25, -0.2) is 9.18 Å². The Kier molecular flexibility index (Phi) is 5.86. The highest BCUT2D eigenvalue weighted by Crippen LogP contribution is 2.30. The van der Waals surface area contributed by atoms with Crippen LogP contribution in [0.2, 0.25) is 0 Å². The first-order chi connectivity index (χ1) is 13.3. The van der Waals surface area contributed by atoms with Crippen LogP contribution in [0.4, 0.5) is 9.18 Å². The van der Waals surface area contributed by atoms with Crippen molar-refractivity contribution >= 4 is 17.9 Å². The quantitative estimate of drug-likeness (QED) is 0.834. The van der Waals surface area contributed by atoms with Gasteiger partial charge in [0.15, 0.2) is 0 Å². The highest BCUT2D eigenvalue weighted by molar-refractivity contribution is 5.90. The summed E-state index contributed by atoms with van der Waals surface area (Å²) in [7, 11) is 0. The zero-order valence-corrected chi connectivity index (χ0v) is 16.2. The summed E-state index contributed by atoms with van der Waals surface area (Å²) in [6, 6.07) is 5.54. The Bertz CT molecular complexity index is 772. The summed E-state index contributed by atoms with van der Waals surface area (Å²) in [5.74, 6) is -0.765. The standard InChI is InChI=1S/C20H26FN3O4/c1-3-13(2)18-19(26)22(9-7-14-5-4-6-15(21)11-14)12-16-23(20(27)28)10-8-17(25)24(16)18/h4-6,11,13,16,18H,3,7-10,12H2,1-2H3,(H,27,28)/t13-,16+,18-/m0/s1. The van der Waals surface area contributed by atoms with Crippen LogP contribution in [0.3, 0.4) is 0 Å². The molecule has 3 atom stereocenters. The molecule has 3 amide bonds. The van der Waals surface area contributed by atoms with Crippen molar-refractivity contribution in [2.45, 2.75) is 45.3 Å². The summed E-state index contributed by atoms with van der Waals surface area (Å²) in [5, 5.41) is 9.58. The van der Waals surface area contributed by atoms with Crippen LogP contribution in [0.1, 0.15) is 32.3 Å². The molecule has 3 rings (SSSR count). The highest BCUT2D eigenvalue weighted by atomic mass is 19.1. The van der Waals surface area contributed by atoms with E-state index in [-0.39, 0.29) is 43.1 Å². The lowest BCUT2D eigenvalue weighted by molar-refractivity contribution is -0.170. The van der Waals surface area contributed by atoms with Gasteiger partial charge in [-0.15, -0.1) is 0 Å². The molecule has 0 spiro atoms. The number of hydrogen-bond acceptors (Lipinski definition) is 3. The maximum atomic E-state index is 13.4. The largest absolute Gasteiger partial charge is 0.465 e. The highest BCUT2D eigenvalue weighted by Gasteiger charge is 2.50. The zero-order chi connectivity index (χ0) is 20.4. The number of carbonyl (C=O) groups excluding carboxylic acids is 2. The van der Waals surface area contributed by atoms with Gasteiger partial charge in [0.25, 0.3) is 0 Å². The summed E-state index contributed by atoms with van der Waals surface area (Å²) in [4.78, 5) is 41.8. The molecule has 2 heterocycles. The summed E-state index contributed by atoms with van der Waals surface area (Å²) >= 11 is 0. The number of piperazine rings is 1. The third kappa shape index (κ3) is 3.81. The molecule has 2 fully saturated rings. The van der Waals surface area contributed by atoms with Crippen LogP contribution < -0.4 is 0 Å². The second-order valence-electron chi connectivity index (χ2n) is 7.50. The van der Waals surface area contributed by atoms with E-state index in [9.17, 15) is 23.9 Å². The van der Waals surface area contributed by atoms with Gasteiger partial charge >= 0.3 is 6.09 Å². The Balaban J connectivity index is 1.86. The molecule has 0 unspecified atom stereocenters.